The molecule has 1 nitrogen and oxygen atoms in total. The van der Waals surface area contributed by atoms with Crippen molar-refractivity contribution in [1.82, 2.24) is 0 Å². The maximum atomic E-state index is 6.20. The molecule has 0 radical (unpaired) electrons. The van der Waals surface area contributed by atoms with Gasteiger partial charge in [-0.15, -0.1) is 0 Å². The Morgan fingerprint density at radius 3 is 2.00 bits per heavy atom. The Hall–Kier alpha value is -1.31. The first-order valence-electron chi connectivity index (χ1n) is 7.06. The van der Waals surface area contributed by atoms with Crippen LogP contribution in [-0.2, 0) is 0 Å². The van der Waals surface area contributed by atoms with Gasteiger partial charge in [0.1, 0.15) is 0 Å². The van der Waals surface area contributed by atoms with Crippen LogP contribution in [0.5, 0.6) is 0 Å². The maximum Gasteiger partial charge on any atom is 0.0750 e. The van der Waals surface area contributed by atoms with E-state index in [-0.39, 0.29) is 6.04 Å². The molecular formula is C18H19Cl2N. The average molecular weight is 320 g/mol. The molecule has 0 aliphatic rings. The van der Waals surface area contributed by atoms with E-state index in [0.717, 1.165) is 11.1 Å². The van der Waals surface area contributed by atoms with Crippen molar-refractivity contribution < 1.29 is 0 Å². The summed E-state index contributed by atoms with van der Waals surface area (Å²) in [7, 11) is 0. The molecule has 0 saturated heterocycles. The molecule has 21 heavy (non-hydrogen) atoms. The smallest absolute Gasteiger partial charge is 0.0750 e. The lowest BCUT2D eigenvalue weighted by Gasteiger charge is -2.11. The highest BCUT2D eigenvalue weighted by Crippen LogP contribution is 2.31. The molecular weight excluding hydrogens is 301 g/mol. The summed E-state index contributed by atoms with van der Waals surface area (Å²) >= 11 is 12.4. The number of rotatable bonds is 4. The third kappa shape index (κ3) is 4.09. The van der Waals surface area contributed by atoms with Crippen molar-refractivity contribution in [3.63, 3.8) is 0 Å². The summed E-state index contributed by atoms with van der Waals surface area (Å²) in [5, 5.41) is 1.31. The van der Waals surface area contributed by atoms with Crippen LogP contribution in [0.25, 0.3) is 0 Å². The number of hydrogen-bond acceptors (Lipinski definition) is 1. The van der Waals surface area contributed by atoms with Gasteiger partial charge in [-0.1, -0.05) is 67.4 Å². The first-order valence-corrected chi connectivity index (χ1v) is 7.81. The van der Waals surface area contributed by atoms with E-state index in [9.17, 15) is 0 Å². The molecule has 0 saturated carbocycles. The van der Waals surface area contributed by atoms with Crippen LogP contribution in [0.4, 0.5) is 0 Å². The Balaban J connectivity index is 2.17. The van der Waals surface area contributed by atoms with Crippen molar-refractivity contribution in [3.8, 4) is 0 Å². The summed E-state index contributed by atoms with van der Waals surface area (Å²) < 4.78 is 0. The molecule has 0 amide bonds. The van der Waals surface area contributed by atoms with Crippen molar-refractivity contribution in [2.24, 2.45) is 4.99 Å². The van der Waals surface area contributed by atoms with E-state index in [4.69, 9.17) is 23.2 Å². The second-order valence-corrected chi connectivity index (χ2v) is 6.23. The predicted octanol–water partition coefficient (Wildman–Crippen LogP) is 6.30. The highest BCUT2D eigenvalue weighted by molar-refractivity contribution is 6.36. The van der Waals surface area contributed by atoms with E-state index in [1.165, 1.54) is 5.56 Å². The summed E-state index contributed by atoms with van der Waals surface area (Å²) in [6, 6.07) is 13.9. The molecule has 0 spiro atoms. The van der Waals surface area contributed by atoms with Crippen LogP contribution in [-0.4, -0.2) is 6.21 Å². The van der Waals surface area contributed by atoms with Crippen LogP contribution < -0.4 is 0 Å². The van der Waals surface area contributed by atoms with Gasteiger partial charge in [0.25, 0.3) is 0 Å². The molecule has 2 aromatic carbocycles. The lowest BCUT2D eigenvalue weighted by Crippen LogP contribution is -1.94. The van der Waals surface area contributed by atoms with Crippen molar-refractivity contribution in [1.29, 1.82) is 0 Å². The Morgan fingerprint density at radius 2 is 1.48 bits per heavy atom. The molecule has 0 heterocycles. The quantitative estimate of drug-likeness (QED) is 0.586. The van der Waals surface area contributed by atoms with Gasteiger partial charge in [0.2, 0.25) is 0 Å². The van der Waals surface area contributed by atoms with Crippen LogP contribution in [0.15, 0.2) is 47.5 Å². The molecule has 0 bridgehead atoms. The van der Waals surface area contributed by atoms with Crippen molar-refractivity contribution >= 4 is 29.4 Å². The van der Waals surface area contributed by atoms with Gasteiger partial charge in [-0.2, -0.15) is 0 Å². The minimum absolute atomic E-state index is 0.0732. The molecule has 3 heteroatoms. The molecule has 1 unspecified atom stereocenters. The molecule has 2 rings (SSSR count). The van der Waals surface area contributed by atoms with Gasteiger partial charge in [0.05, 0.1) is 6.04 Å². The summed E-state index contributed by atoms with van der Waals surface area (Å²) in [6.07, 6.45) is 1.87. The Kier molecular flexibility index (Phi) is 5.44. The lowest BCUT2D eigenvalue weighted by atomic mass is 10.0. The standard InChI is InChI=1S/C18H19Cl2N/c1-12(2)15-9-7-14(8-10-15)11-21-13(3)18-16(19)5-4-6-17(18)20/h4-13H,1-3H3/b21-11-. The largest absolute Gasteiger partial charge is 0.285 e. The number of halogens is 2. The number of hydrogen-bond donors (Lipinski definition) is 0. The predicted molar refractivity (Wildman–Crippen MR) is 93.0 cm³/mol. The normalized spacial score (nSPS) is 13.0. The monoisotopic (exact) mass is 319 g/mol. The van der Waals surface area contributed by atoms with E-state index < -0.39 is 0 Å². The fraction of sp³-hybridized carbons (Fsp3) is 0.278. The van der Waals surface area contributed by atoms with Crippen LogP contribution in [0.3, 0.4) is 0 Å². The molecule has 0 aliphatic heterocycles. The summed E-state index contributed by atoms with van der Waals surface area (Å²) in [5.74, 6) is 0.539. The van der Waals surface area contributed by atoms with Gasteiger partial charge in [0.15, 0.2) is 0 Å². The van der Waals surface area contributed by atoms with E-state index in [1.807, 2.05) is 31.3 Å². The third-order valence-corrected chi connectivity index (χ3v) is 4.13. The minimum atomic E-state index is -0.0732. The number of aliphatic imine (C=N–C) groups is 1. The molecule has 1 atom stereocenters. The van der Waals surface area contributed by atoms with Crippen LogP contribution in [0, 0.1) is 0 Å². The molecule has 0 aromatic heterocycles. The highest BCUT2D eigenvalue weighted by Gasteiger charge is 2.11. The summed E-state index contributed by atoms with van der Waals surface area (Å²) in [5.41, 5.74) is 3.28. The Bertz CT molecular complexity index is 610. The number of nitrogens with zero attached hydrogens (tertiary/aromatic N) is 1. The maximum absolute atomic E-state index is 6.20. The molecule has 0 fully saturated rings. The van der Waals surface area contributed by atoms with Crippen LogP contribution in [0.1, 0.15) is 49.4 Å². The zero-order chi connectivity index (χ0) is 15.4. The minimum Gasteiger partial charge on any atom is -0.285 e. The summed E-state index contributed by atoms with van der Waals surface area (Å²) in [6.45, 7) is 6.36. The lowest BCUT2D eigenvalue weighted by molar-refractivity contribution is 0.825. The highest BCUT2D eigenvalue weighted by atomic mass is 35.5. The Morgan fingerprint density at radius 1 is 0.905 bits per heavy atom. The molecule has 2 aromatic rings. The van der Waals surface area contributed by atoms with Gasteiger partial charge >= 0.3 is 0 Å². The number of benzene rings is 2. The second-order valence-electron chi connectivity index (χ2n) is 5.41. The summed E-state index contributed by atoms with van der Waals surface area (Å²) in [4.78, 5) is 4.57. The van der Waals surface area contributed by atoms with Gasteiger partial charge in [0, 0.05) is 21.8 Å². The van der Waals surface area contributed by atoms with E-state index in [2.05, 4.69) is 43.1 Å². The fourth-order valence-corrected chi connectivity index (χ4v) is 2.86. The average Bonchev–Trinajstić information content (AvgIpc) is 2.45. The first-order chi connectivity index (χ1) is 9.99. The fourth-order valence-electron chi connectivity index (χ4n) is 2.15. The first kappa shape index (κ1) is 16.1. The van der Waals surface area contributed by atoms with Crippen molar-refractivity contribution in [3.05, 3.63) is 69.2 Å². The third-order valence-electron chi connectivity index (χ3n) is 3.47. The van der Waals surface area contributed by atoms with E-state index >= 15 is 0 Å². The van der Waals surface area contributed by atoms with Crippen LogP contribution in [0.2, 0.25) is 10.0 Å². The van der Waals surface area contributed by atoms with Gasteiger partial charge in [-0.3, -0.25) is 4.99 Å². The molecule has 0 N–H and O–H groups in total. The molecule has 110 valence electrons. The van der Waals surface area contributed by atoms with E-state index in [0.29, 0.717) is 16.0 Å². The second kappa shape index (κ2) is 7.11. The molecule has 0 aliphatic carbocycles. The van der Waals surface area contributed by atoms with Crippen molar-refractivity contribution in [2.45, 2.75) is 32.7 Å². The topological polar surface area (TPSA) is 12.4 Å². The zero-order valence-corrected chi connectivity index (χ0v) is 14.0. The van der Waals surface area contributed by atoms with Crippen LogP contribution >= 0.6 is 23.2 Å². The Labute approximate surface area is 136 Å². The zero-order valence-electron chi connectivity index (χ0n) is 12.5. The van der Waals surface area contributed by atoms with Crippen molar-refractivity contribution in [2.75, 3.05) is 0 Å². The van der Waals surface area contributed by atoms with E-state index in [1.54, 1.807) is 0 Å². The SMILES string of the molecule is CC(C)c1ccc(/C=N\C(C)c2c(Cl)cccc2Cl)cc1. The van der Waals surface area contributed by atoms with Gasteiger partial charge < -0.3 is 0 Å². The van der Waals surface area contributed by atoms with Gasteiger partial charge in [-0.05, 0) is 36.1 Å². The van der Waals surface area contributed by atoms with Gasteiger partial charge in [-0.25, -0.2) is 0 Å².